The maximum atomic E-state index is 5.73. The predicted molar refractivity (Wildman–Crippen MR) is 82.1 cm³/mol. The van der Waals surface area contributed by atoms with Gasteiger partial charge in [-0.2, -0.15) is 0 Å². The highest BCUT2D eigenvalue weighted by Crippen LogP contribution is 2.32. The predicted octanol–water partition coefficient (Wildman–Crippen LogP) is 3.14. The molecule has 2 rings (SSSR count). The van der Waals surface area contributed by atoms with Crippen LogP contribution in [0.4, 0.5) is 5.69 Å². The van der Waals surface area contributed by atoms with Crippen molar-refractivity contribution in [1.29, 1.82) is 0 Å². The summed E-state index contributed by atoms with van der Waals surface area (Å²) >= 11 is 5.09. The molecule has 0 spiro atoms. The second-order valence-electron chi connectivity index (χ2n) is 5.32. The summed E-state index contributed by atoms with van der Waals surface area (Å²) in [5, 5.41) is 0. The number of para-hydroxylation sites is 1. The Morgan fingerprint density at radius 3 is 2.89 bits per heavy atom. The van der Waals surface area contributed by atoms with Crippen molar-refractivity contribution in [3.05, 3.63) is 29.8 Å². The Kier molecular flexibility index (Phi) is 4.23. The molecule has 1 aromatic carbocycles. The molecule has 1 aliphatic heterocycles. The Labute approximate surface area is 115 Å². The SMILES string of the molecule is CCC(CC(N)=S)N1CC(C)Cc2ccccc21. The lowest BCUT2D eigenvalue weighted by molar-refractivity contribution is 0.478. The minimum atomic E-state index is 0.436. The van der Waals surface area contributed by atoms with Crippen molar-refractivity contribution < 1.29 is 0 Å². The fraction of sp³-hybridized carbons (Fsp3) is 0.533. The van der Waals surface area contributed by atoms with Crippen molar-refractivity contribution in [2.45, 2.75) is 39.2 Å². The highest BCUT2D eigenvalue weighted by Gasteiger charge is 2.26. The lowest BCUT2D eigenvalue weighted by Crippen LogP contribution is -2.43. The molecule has 2 nitrogen and oxygen atoms in total. The van der Waals surface area contributed by atoms with Crippen LogP contribution in [0.5, 0.6) is 0 Å². The molecular formula is C15H22N2S. The second-order valence-corrected chi connectivity index (χ2v) is 5.85. The zero-order valence-corrected chi connectivity index (χ0v) is 12.0. The van der Waals surface area contributed by atoms with Gasteiger partial charge in [0.2, 0.25) is 0 Å². The minimum Gasteiger partial charge on any atom is -0.393 e. The minimum absolute atomic E-state index is 0.436. The number of nitrogens with zero attached hydrogens (tertiary/aromatic N) is 1. The molecule has 0 bridgehead atoms. The van der Waals surface area contributed by atoms with E-state index in [9.17, 15) is 0 Å². The Morgan fingerprint density at radius 2 is 2.22 bits per heavy atom. The molecule has 1 aromatic rings. The van der Waals surface area contributed by atoms with Gasteiger partial charge >= 0.3 is 0 Å². The molecule has 0 saturated carbocycles. The number of anilines is 1. The van der Waals surface area contributed by atoms with E-state index in [2.05, 4.69) is 43.0 Å². The molecule has 0 aliphatic carbocycles. The summed E-state index contributed by atoms with van der Waals surface area (Å²) in [4.78, 5) is 3.13. The Bertz CT molecular complexity index is 430. The van der Waals surface area contributed by atoms with Crippen LogP contribution in [0, 0.1) is 5.92 Å². The lowest BCUT2D eigenvalue weighted by atomic mass is 9.91. The van der Waals surface area contributed by atoms with Crippen LogP contribution in [0.3, 0.4) is 0 Å². The van der Waals surface area contributed by atoms with Crippen LogP contribution in [0.1, 0.15) is 32.3 Å². The molecule has 0 radical (unpaired) electrons. The molecule has 2 atom stereocenters. The number of hydrogen-bond donors (Lipinski definition) is 1. The number of rotatable bonds is 4. The van der Waals surface area contributed by atoms with E-state index in [-0.39, 0.29) is 0 Å². The van der Waals surface area contributed by atoms with E-state index in [1.54, 1.807) is 0 Å². The molecule has 0 fully saturated rings. The van der Waals surface area contributed by atoms with Crippen molar-refractivity contribution in [2.24, 2.45) is 11.7 Å². The topological polar surface area (TPSA) is 29.3 Å². The molecule has 3 heteroatoms. The van der Waals surface area contributed by atoms with Gasteiger partial charge in [-0.15, -0.1) is 0 Å². The molecule has 2 N–H and O–H groups in total. The monoisotopic (exact) mass is 262 g/mol. The standard InChI is InChI=1S/C15H22N2S/c1-3-13(9-15(16)18)17-10-11(2)8-12-6-4-5-7-14(12)17/h4-7,11,13H,3,8-10H2,1-2H3,(H2,16,18). The summed E-state index contributed by atoms with van der Waals surface area (Å²) in [6.45, 7) is 5.64. The van der Waals surface area contributed by atoms with Crippen molar-refractivity contribution in [2.75, 3.05) is 11.4 Å². The van der Waals surface area contributed by atoms with Crippen LogP contribution in [-0.4, -0.2) is 17.6 Å². The van der Waals surface area contributed by atoms with Gasteiger partial charge in [-0.25, -0.2) is 0 Å². The summed E-state index contributed by atoms with van der Waals surface area (Å²) in [5.41, 5.74) is 8.56. The fourth-order valence-electron chi connectivity index (χ4n) is 2.89. The first-order valence-electron chi connectivity index (χ1n) is 6.74. The third-order valence-corrected chi connectivity index (χ3v) is 3.89. The van der Waals surface area contributed by atoms with Gasteiger partial charge in [0.15, 0.2) is 0 Å². The first-order valence-corrected chi connectivity index (χ1v) is 7.15. The average molecular weight is 262 g/mol. The molecule has 1 aliphatic rings. The largest absolute Gasteiger partial charge is 0.393 e. The van der Waals surface area contributed by atoms with Crippen LogP contribution in [0.2, 0.25) is 0 Å². The number of nitrogens with two attached hydrogens (primary N) is 1. The number of fused-ring (bicyclic) bond motifs is 1. The maximum Gasteiger partial charge on any atom is 0.0747 e. The van der Waals surface area contributed by atoms with Crippen molar-refractivity contribution >= 4 is 22.9 Å². The molecule has 0 amide bonds. The van der Waals surface area contributed by atoms with Gasteiger partial charge < -0.3 is 10.6 Å². The van der Waals surface area contributed by atoms with E-state index >= 15 is 0 Å². The molecule has 98 valence electrons. The van der Waals surface area contributed by atoms with Gasteiger partial charge in [0.25, 0.3) is 0 Å². The van der Waals surface area contributed by atoms with E-state index < -0.39 is 0 Å². The van der Waals surface area contributed by atoms with Crippen LogP contribution >= 0.6 is 12.2 Å². The normalized spacial score (nSPS) is 20.3. The summed E-state index contributed by atoms with van der Waals surface area (Å²) in [6.07, 6.45) is 3.07. The van der Waals surface area contributed by atoms with Crippen LogP contribution in [0.25, 0.3) is 0 Å². The Balaban J connectivity index is 2.29. The van der Waals surface area contributed by atoms with Gasteiger partial charge in [-0.3, -0.25) is 0 Å². The summed E-state index contributed by atoms with van der Waals surface area (Å²) < 4.78 is 0. The summed E-state index contributed by atoms with van der Waals surface area (Å²) in [6, 6.07) is 9.15. The highest BCUT2D eigenvalue weighted by atomic mass is 32.1. The fourth-order valence-corrected chi connectivity index (χ4v) is 3.08. The van der Waals surface area contributed by atoms with E-state index in [4.69, 9.17) is 18.0 Å². The summed E-state index contributed by atoms with van der Waals surface area (Å²) in [7, 11) is 0. The first kappa shape index (κ1) is 13.3. The van der Waals surface area contributed by atoms with Gasteiger partial charge in [0.1, 0.15) is 0 Å². The number of benzene rings is 1. The number of thiocarbonyl (C=S) groups is 1. The quantitative estimate of drug-likeness (QED) is 0.845. The molecule has 18 heavy (non-hydrogen) atoms. The zero-order chi connectivity index (χ0) is 13.1. The van der Waals surface area contributed by atoms with E-state index in [1.807, 2.05) is 0 Å². The van der Waals surface area contributed by atoms with Gasteiger partial charge in [0, 0.05) is 24.7 Å². The van der Waals surface area contributed by atoms with Crippen molar-refractivity contribution in [3.63, 3.8) is 0 Å². The smallest absolute Gasteiger partial charge is 0.0747 e. The zero-order valence-electron chi connectivity index (χ0n) is 11.2. The number of hydrogen-bond acceptors (Lipinski definition) is 2. The Morgan fingerprint density at radius 1 is 1.50 bits per heavy atom. The maximum absolute atomic E-state index is 5.73. The molecule has 1 heterocycles. The van der Waals surface area contributed by atoms with Crippen LogP contribution < -0.4 is 10.6 Å². The summed E-state index contributed by atoms with van der Waals surface area (Å²) in [5.74, 6) is 0.695. The first-order chi connectivity index (χ1) is 8.61. The average Bonchev–Trinajstić information content (AvgIpc) is 2.34. The lowest BCUT2D eigenvalue weighted by Gasteiger charge is -2.40. The molecule has 2 unspecified atom stereocenters. The van der Waals surface area contributed by atoms with Gasteiger partial charge in [0.05, 0.1) is 4.99 Å². The highest BCUT2D eigenvalue weighted by molar-refractivity contribution is 7.80. The van der Waals surface area contributed by atoms with E-state index in [1.165, 1.54) is 17.7 Å². The van der Waals surface area contributed by atoms with Crippen LogP contribution in [0.15, 0.2) is 24.3 Å². The van der Waals surface area contributed by atoms with E-state index in [0.29, 0.717) is 16.9 Å². The third-order valence-electron chi connectivity index (χ3n) is 3.73. The molecule has 0 saturated heterocycles. The van der Waals surface area contributed by atoms with Crippen LogP contribution in [-0.2, 0) is 6.42 Å². The van der Waals surface area contributed by atoms with E-state index in [0.717, 1.165) is 19.4 Å². The second kappa shape index (κ2) is 5.70. The van der Waals surface area contributed by atoms with Gasteiger partial charge in [-0.05, 0) is 30.4 Å². The van der Waals surface area contributed by atoms with Crippen molar-refractivity contribution in [3.8, 4) is 0 Å². The van der Waals surface area contributed by atoms with Crippen molar-refractivity contribution in [1.82, 2.24) is 0 Å². The third kappa shape index (κ3) is 2.83. The Hall–Kier alpha value is -1.09. The van der Waals surface area contributed by atoms with Gasteiger partial charge in [-0.1, -0.05) is 44.3 Å². The molecule has 0 aromatic heterocycles. The molecular weight excluding hydrogens is 240 g/mol.